The number of aromatic nitrogens is 1. The van der Waals surface area contributed by atoms with Crippen LogP contribution in [0.5, 0.6) is 0 Å². The fourth-order valence-electron chi connectivity index (χ4n) is 1.67. The second-order valence-electron chi connectivity index (χ2n) is 3.46. The van der Waals surface area contributed by atoms with Crippen LogP contribution in [0.2, 0.25) is 0 Å². The third-order valence-corrected chi connectivity index (χ3v) is 2.60. The molecule has 0 aromatic carbocycles. The van der Waals surface area contributed by atoms with Gasteiger partial charge in [0.25, 0.3) is 5.56 Å². The lowest BCUT2D eigenvalue weighted by atomic mass is 10.4. The summed E-state index contributed by atoms with van der Waals surface area (Å²) in [5.41, 5.74) is 0.661. The summed E-state index contributed by atoms with van der Waals surface area (Å²) in [6, 6.07) is 3.88. The van der Waals surface area contributed by atoms with Crippen molar-refractivity contribution >= 4 is 5.69 Å². The second kappa shape index (κ2) is 3.46. The number of hydrogen-bond donors (Lipinski definition) is 1. The van der Waals surface area contributed by atoms with Crippen LogP contribution in [0.3, 0.4) is 0 Å². The molecule has 0 aliphatic heterocycles. The molecule has 1 N–H and O–H groups in total. The van der Waals surface area contributed by atoms with Gasteiger partial charge in [0.1, 0.15) is 5.69 Å². The molecule has 1 fully saturated rings. The van der Waals surface area contributed by atoms with E-state index in [0.717, 1.165) is 6.42 Å². The second-order valence-corrected chi connectivity index (χ2v) is 3.46. The minimum absolute atomic E-state index is 0.0274. The zero-order valence-corrected chi connectivity index (χ0v) is 8.36. The molecule has 2 rings (SSSR count). The third kappa shape index (κ3) is 1.42. The summed E-state index contributed by atoms with van der Waals surface area (Å²) in [7, 11) is 3.43. The molecule has 4 heteroatoms. The van der Waals surface area contributed by atoms with Crippen LogP contribution >= 0.6 is 0 Å². The van der Waals surface area contributed by atoms with Crippen molar-refractivity contribution in [3.8, 4) is 0 Å². The van der Waals surface area contributed by atoms with E-state index in [0.29, 0.717) is 5.69 Å². The molecule has 1 aliphatic carbocycles. The Morgan fingerprint density at radius 3 is 3.00 bits per heavy atom. The van der Waals surface area contributed by atoms with Crippen molar-refractivity contribution in [2.45, 2.75) is 18.6 Å². The maximum Gasteiger partial charge on any atom is 0.274 e. The van der Waals surface area contributed by atoms with Gasteiger partial charge >= 0.3 is 0 Å². The Bertz CT molecular complexity index is 386. The van der Waals surface area contributed by atoms with Crippen LogP contribution in [-0.2, 0) is 4.74 Å². The van der Waals surface area contributed by atoms with Gasteiger partial charge in [-0.3, -0.25) is 4.79 Å². The SMILES string of the molecule is CNc1cccn([C@H]2C[C@@H]2OC)c1=O. The molecule has 0 bridgehead atoms. The first-order valence-electron chi connectivity index (χ1n) is 4.69. The van der Waals surface area contributed by atoms with Gasteiger partial charge in [-0.05, 0) is 18.6 Å². The topological polar surface area (TPSA) is 43.3 Å². The van der Waals surface area contributed by atoms with Crippen LogP contribution in [0.4, 0.5) is 5.69 Å². The van der Waals surface area contributed by atoms with Crippen molar-refractivity contribution in [1.82, 2.24) is 4.57 Å². The maximum absolute atomic E-state index is 11.8. The first-order chi connectivity index (χ1) is 6.77. The summed E-state index contributed by atoms with van der Waals surface area (Å²) in [5.74, 6) is 0. The summed E-state index contributed by atoms with van der Waals surface area (Å²) in [6.45, 7) is 0. The molecule has 1 saturated carbocycles. The van der Waals surface area contributed by atoms with Crippen molar-refractivity contribution in [3.63, 3.8) is 0 Å². The van der Waals surface area contributed by atoms with Gasteiger partial charge in [-0.15, -0.1) is 0 Å². The summed E-state index contributed by atoms with van der Waals surface area (Å²) < 4.78 is 6.91. The highest BCUT2D eigenvalue weighted by Gasteiger charge is 2.39. The largest absolute Gasteiger partial charge is 0.384 e. The molecule has 0 spiro atoms. The Labute approximate surface area is 82.5 Å². The first kappa shape index (κ1) is 9.27. The lowest BCUT2D eigenvalue weighted by molar-refractivity contribution is 0.169. The molecular formula is C10H14N2O2. The molecule has 0 saturated heterocycles. The number of pyridine rings is 1. The van der Waals surface area contributed by atoms with Crippen molar-refractivity contribution in [2.75, 3.05) is 19.5 Å². The zero-order valence-electron chi connectivity index (χ0n) is 8.36. The Hall–Kier alpha value is -1.29. The number of rotatable bonds is 3. The molecule has 76 valence electrons. The standard InChI is InChI=1S/C10H14N2O2/c1-11-7-4-3-5-12(10(7)13)8-6-9(8)14-2/h3-5,8-9,11H,6H2,1-2H3/t8-,9-/m0/s1. The number of nitrogens with one attached hydrogen (secondary N) is 1. The summed E-state index contributed by atoms with van der Waals surface area (Å²) >= 11 is 0. The average molecular weight is 194 g/mol. The van der Waals surface area contributed by atoms with E-state index in [2.05, 4.69) is 5.32 Å². The van der Waals surface area contributed by atoms with E-state index in [-0.39, 0.29) is 17.7 Å². The molecule has 1 aromatic heterocycles. The van der Waals surface area contributed by atoms with Crippen molar-refractivity contribution in [3.05, 3.63) is 28.7 Å². The molecule has 1 aromatic rings. The van der Waals surface area contributed by atoms with Crippen LogP contribution in [-0.4, -0.2) is 24.8 Å². The Balaban J connectivity index is 2.31. The van der Waals surface area contributed by atoms with Gasteiger partial charge < -0.3 is 14.6 Å². The minimum Gasteiger partial charge on any atom is -0.384 e. The van der Waals surface area contributed by atoms with Gasteiger partial charge in [0.15, 0.2) is 0 Å². The summed E-state index contributed by atoms with van der Waals surface area (Å²) in [6.07, 6.45) is 2.95. The van der Waals surface area contributed by atoms with E-state index in [4.69, 9.17) is 4.74 Å². The minimum atomic E-state index is 0.0274. The lowest BCUT2D eigenvalue weighted by Gasteiger charge is -2.06. The quantitative estimate of drug-likeness (QED) is 0.775. The highest BCUT2D eigenvalue weighted by atomic mass is 16.5. The number of ether oxygens (including phenoxy) is 1. The van der Waals surface area contributed by atoms with E-state index in [1.165, 1.54) is 0 Å². The fourth-order valence-corrected chi connectivity index (χ4v) is 1.67. The molecule has 14 heavy (non-hydrogen) atoms. The van der Waals surface area contributed by atoms with Gasteiger partial charge in [0.2, 0.25) is 0 Å². The van der Waals surface area contributed by atoms with E-state index in [1.54, 1.807) is 24.8 Å². The van der Waals surface area contributed by atoms with Crippen molar-refractivity contribution < 1.29 is 4.74 Å². The summed E-state index contributed by atoms with van der Waals surface area (Å²) in [5, 5.41) is 2.88. The summed E-state index contributed by atoms with van der Waals surface area (Å²) in [4.78, 5) is 11.8. The van der Waals surface area contributed by atoms with Crippen molar-refractivity contribution in [1.29, 1.82) is 0 Å². The third-order valence-electron chi connectivity index (χ3n) is 2.60. The molecule has 0 amide bonds. The Morgan fingerprint density at radius 1 is 1.64 bits per heavy atom. The van der Waals surface area contributed by atoms with Gasteiger partial charge in [-0.1, -0.05) is 0 Å². The smallest absolute Gasteiger partial charge is 0.274 e. The maximum atomic E-state index is 11.8. The van der Waals surface area contributed by atoms with E-state index in [1.807, 2.05) is 12.3 Å². The van der Waals surface area contributed by atoms with Crippen LogP contribution in [0.25, 0.3) is 0 Å². The van der Waals surface area contributed by atoms with Crippen LogP contribution in [0, 0.1) is 0 Å². The highest BCUT2D eigenvalue weighted by molar-refractivity contribution is 5.39. The normalized spacial score (nSPS) is 24.7. The van der Waals surface area contributed by atoms with E-state index in [9.17, 15) is 4.79 Å². The zero-order chi connectivity index (χ0) is 10.1. The van der Waals surface area contributed by atoms with E-state index >= 15 is 0 Å². The number of anilines is 1. The van der Waals surface area contributed by atoms with E-state index < -0.39 is 0 Å². The molecule has 1 aliphatic rings. The molecule has 0 radical (unpaired) electrons. The molecule has 0 unspecified atom stereocenters. The first-order valence-corrected chi connectivity index (χ1v) is 4.69. The predicted molar refractivity (Wildman–Crippen MR) is 54.7 cm³/mol. The molecule has 4 nitrogen and oxygen atoms in total. The number of nitrogens with zero attached hydrogens (tertiary/aromatic N) is 1. The predicted octanol–water partition coefficient (Wildman–Crippen LogP) is 0.850. The Kier molecular flexibility index (Phi) is 2.29. The lowest BCUT2D eigenvalue weighted by Crippen LogP contribution is -2.22. The number of hydrogen-bond acceptors (Lipinski definition) is 3. The van der Waals surface area contributed by atoms with Gasteiger partial charge in [0.05, 0.1) is 12.1 Å². The molecule has 1 heterocycles. The molecule has 2 atom stereocenters. The number of methoxy groups -OCH3 is 1. The molecular weight excluding hydrogens is 180 g/mol. The monoisotopic (exact) mass is 194 g/mol. The van der Waals surface area contributed by atoms with Crippen LogP contribution in [0.1, 0.15) is 12.5 Å². The van der Waals surface area contributed by atoms with Gasteiger partial charge in [-0.2, -0.15) is 0 Å². The van der Waals surface area contributed by atoms with Crippen LogP contribution < -0.4 is 10.9 Å². The van der Waals surface area contributed by atoms with Crippen molar-refractivity contribution in [2.24, 2.45) is 0 Å². The van der Waals surface area contributed by atoms with Crippen LogP contribution in [0.15, 0.2) is 23.1 Å². The van der Waals surface area contributed by atoms with Gasteiger partial charge in [0, 0.05) is 20.4 Å². The average Bonchev–Trinajstić information content (AvgIpc) is 2.97. The Morgan fingerprint density at radius 2 is 2.43 bits per heavy atom. The van der Waals surface area contributed by atoms with Gasteiger partial charge in [-0.25, -0.2) is 0 Å². The highest BCUT2D eigenvalue weighted by Crippen LogP contribution is 2.37. The fraction of sp³-hybridized carbons (Fsp3) is 0.500.